The number of H-pyrrole nitrogens is 2. The van der Waals surface area contributed by atoms with E-state index in [-0.39, 0.29) is 5.91 Å². The molecule has 6 heteroatoms. The van der Waals surface area contributed by atoms with Gasteiger partial charge in [0.05, 0.1) is 22.4 Å². The summed E-state index contributed by atoms with van der Waals surface area (Å²) in [7, 11) is 0. The summed E-state index contributed by atoms with van der Waals surface area (Å²) in [6, 6.07) is 23.9. The zero-order chi connectivity index (χ0) is 22.2. The molecule has 3 aromatic heterocycles. The molecule has 0 radical (unpaired) electrons. The highest BCUT2D eigenvalue weighted by Gasteiger charge is 2.28. The number of carbonyl (C=O) groups excluding carboxylic acids is 1. The summed E-state index contributed by atoms with van der Waals surface area (Å²) in [5, 5.41) is 0. The van der Waals surface area contributed by atoms with Gasteiger partial charge < -0.3 is 14.9 Å². The van der Waals surface area contributed by atoms with Gasteiger partial charge in [0.1, 0.15) is 11.4 Å². The third-order valence-electron chi connectivity index (χ3n) is 6.36. The summed E-state index contributed by atoms with van der Waals surface area (Å²) < 4.78 is 0. The van der Waals surface area contributed by atoms with E-state index in [1.165, 1.54) is 5.56 Å². The first-order chi connectivity index (χ1) is 16.3. The van der Waals surface area contributed by atoms with Gasteiger partial charge in [0.25, 0.3) is 5.91 Å². The van der Waals surface area contributed by atoms with E-state index in [9.17, 15) is 4.79 Å². The molecule has 1 fully saturated rings. The molecular weight excluding hydrogens is 410 g/mol. The first-order valence-electron chi connectivity index (χ1n) is 11.2. The summed E-state index contributed by atoms with van der Waals surface area (Å²) in [6.07, 6.45) is 4.73. The molecule has 1 aliphatic heterocycles. The summed E-state index contributed by atoms with van der Waals surface area (Å²) in [6.45, 7) is 1.51. The Kier molecular flexibility index (Phi) is 4.76. The van der Waals surface area contributed by atoms with Crippen molar-refractivity contribution in [1.29, 1.82) is 0 Å². The lowest BCUT2D eigenvalue weighted by atomic mass is 9.99. The summed E-state index contributed by atoms with van der Waals surface area (Å²) in [5.41, 5.74) is 6.73. The fraction of sp³-hybridized carbons (Fsp3) is 0.148. The van der Waals surface area contributed by atoms with Gasteiger partial charge in [-0.3, -0.25) is 4.79 Å². The standard InChI is InChI=1S/C27H23N5O/c33-27(32-15-12-20(17-32)18-6-2-1-3-7-18)19-10-11-21-24(16-19)31-26(23-9-5-14-29-23)25(30-21)22-8-4-13-28-22/h1-11,13-14,16,20,28-29H,12,15,17H2. The summed E-state index contributed by atoms with van der Waals surface area (Å²) in [4.78, 5) is 31.5. The average Bonchev–Trinajstić information content (AvgIpc) is 3.65. The maximum absolute atomic E-state index is 13.3. The van der Waals surface area contributed by atoms with Gasteiger partial charge in [0.15, 0.2) is 0 Å². The molecule has 1 atom stereocenters. The van der Waals surface area contributed by atoms with Gasteiger partial charge in [-0.15, -0.1) is 0 Å². The highest BCUT2D eigenvalue weighted by atomic mass is 16.2. The minimum absolute atomic E-state index is 0.0481. The van der Waals surface area contributed by atoms with Crippen molar-refractivity contribution in [3.05, 3.63) is 96.3 Å². The fourth-order valence-electron chi connectivity index (χ4n) is 4.64. The largest absolute Gasteiger partial charge is 0.360 e. The second kappa shape index (κ2) is 8.06. The Hall–Kier alpha value is -4.19. The van der Waals surface area contributed by atoms with Crippen LogP contribution in [-0.4, -0.2) is 43.8 Å². The highest BCUT2D eigenvalue weighted by Crippen LogP contribution is 2.31. The molecule has 1 unspecified atom stereocenters. The first-order valence-corrected chi connectivity index (χ1v) is 11.2. The third kappa shape index (κ3) is 3.59. The molecular formula is C27H23N5O. The van der Waals surface area contributed by atoms with Gasteiger partial charge in [0.2, 0.25) is 0 Å². The number of rotatable bonds is 4. The van der Waals surface area contributed by atoms with E-state index in [0.29, 0.717) is 17.0 Å². The van der Waals surface area contributed by atoms with Crippen LogP contribution in [0.1, 0.15) is 28.3 Å². The van der Waals surface area contributed by atoms with Crippen LogP contribution in [-0.2, 0) is 0 Å². The normalized spacial score (nSPS) is 15.9. The van der Waals surface area contributed by atoms with Gasteiger partial charge >= 0.3 is 0 Å². The van der Waals surface area contributed by atoms with Gasteiger partial charge in [-0.25, -0.2) is 9.97 Å². The van der Waals surface area contributed by atoms with Crippen molar-refractivity contribution in [2.24, 2.45) is 0 Å². The number of likely N-dealkylation sites (tertiary alicyclic amines) is 1. The number of carbonyl (C=O) groups is 1. The minimum atomic E-state index is 0.0481. The van der Waals surface area contributed by atoms with Crippen molar-refractivity contribution in [3.8, 4) is 22.8 Å². The van der Waals surface area contributed by atoms with Crippen LogP contribution in [0, 0.1) is 0 Å². The van der Waals surface area contributed by atoms with Crippen molar-refractivity contribution in [2.75, 3.05) is 13.1 Å². The van der Waals surface area contributed by atoms with Crippen LogP contribution < -0.4 is 0 Å². The van der Waals surface area contributed by atoms with Gasteiger partial charge in [-0.1, -0.05) is 30.3 Å². The van der Waals surface area contributed by atoms with Crippen molar-refractivity contribution in [3.63, 3.8) is 0 Å². The predicted octanol–water partition coefficient (Wildman–Crippen LogP) is 5.25. The topological polar surface area (TPSA) is 77.7 Å². The quantitative estimate of drug-likeness (QED) is 0.406. The van der Waals surface area contributed by atoms with Crippen LogP contribution in [0.25, 0.3) is 33.8 Å². The average molecular weight is 434 g/mol. The number of aromatic nitrogens is 4. The van der Waals surface area contributed by atoms with Crippen molar-refractivity contribution >= 4 is 16.9 Å². The predicted molar refractivity (Wildman–Crippen MR) is 129 cm³/mol. The lowest BCUT2D eigenvalue weighted by Crippen LogP contribution is -2.28. The van der Waals surface area contributed by atoms with Crippen molar-refractivity contribution in [1.82, 2.24) is 24.8 Å². The van der Waals surface area contributed by atoms with E-state index in [1.54, 1.807) is 0 Å². The van der Waals surface area contributed by atoms with Gasteiger partial charge in [-0.05, 0) is 54.4 Å². The molecule has 1 aliphatic rings. The molecule has 1 saturated heterocycles. The Morgan fingerprint density at radius 3 is 2.18 bits per heavy atom. The molecule has 5 aromatic rings. The van der Waals surface area contributed by atoms with E-state index in [0.717, 1.165) is 47.8 Å². The summed E-state index contributed by atoms with van der Waals surface area (Å²) in [5.74, 6) is 0.435. The molecule has 2 N–H and O–H groups in total. The van der Waals surface area contributed by atoms with E-state index in [2.05, 4.69) is 34.2 Å². The lowest BCUT2D eigenvalue weighted by Gasteiger charge is -2.17. The van der Waals surface area contributed by atoms with E-state index < -0.39 is 0 Å². The number of aromatic amines is 2. The van der Waals surface area contributed by atoms with Crippen molar-refractivity contribution < 1.29 is 4.79 Å². The van der Waals surface area contributed by atoms with E-state index >= 15 is 0 Å². The molecule has 6 nitrogen and oxygen atoms in total. The number of fused-ring (bicyclic) bond motifs is 1. The van der Waals surface area contributed by atoms with Crippen LogP contribution >= 0.6 is 0 Å². The van der Waals surface area contributed by atoms with Crippen LogP contribution in [0.4, 0.5) is 0 Å². The van der Waals surface area contributed by atoms with Crippen LogP contribution in [0.2, 0.25) is 0 Å². The maximum atomic E-state index is 13.3. The Balaban J connectivity index is 1.34. The lowest BCUT2D eigenvalue weighted by molar-refractivity contribution is 0.0791. The molecule has 6 rings (SSSR count). The molecule has 4 heterocycles. The van der Waals surface area contributed by atoms with Gasteiger partial charge in [0, 0.05) is 37.0 Å². The molecule has 33 heavy (non-hydrogen) atoms. The number of nitrogens with zero attached hydrogens (tertiary/aromatic N) is 3. The SMILES string of the molecule is O=C(c1ccc2nc(-c3ccc[nH]3)c(-c3ccc[nH]3)nc2c1)N1CCC(c2ccccc2)C1. The number of benzene rings is 2. The minimum Gasteiger partial charge on any atom is -0.360 e. The zero-order valence-corrected chi connectivity index (χ0v) is 18.0. The summed E-state index contributed by atoms with van der Waals surface area (Å²) >= 11 is 0. The highest BCUT2D eigenvalue weighted by molar-refractivity contribution is 5.98. The monoisotopic (exact) mass is 433 g/mol. The number of nitrogens with one attached hydrogen (secondary N) is 2. The Morgan fingerprint density at radius 1 is 0.818 bits per heavy atom. The second-order valence-corrected chi connectivity index (χ2v) is 8.44. The number of hydrogen-bond acceptors (Lipinski definition) is 3. The smallest absolute Gasteiger partial charge is 0.253 e. The molecule has 0 aliphatic carbocycles. The Labute approximate surface area is 191 Å². The molecule has 0 bridgehead atoms. The zero-order valence-electron chi connectivity index (χ0n) is 18.0. The number of hydrogen-bond donors (Lipinski definition) is 2. The van der Waals surface area contributed by atoms with Crippen LogP contribution in [0.5, 0.6) is 0 Å². The molecule has 1 amide bonds. The molecule has 0 saturated carbocycles. The van der Waals surface area contributed by atoms with Crippen LogP contribution in [0.3, 0.4) is 0 Å². The number of amides is 1. The van der Waals surface area contributed by atoms with E-state index in [4.69, 9.17) is 9.97 Å². The van der Waals surface area contributed by atoms with Crippen molar-refractivity contribution in [2.45, 2.75) is 12.3 Å². The molecule has 2 aromatic carbocycles. The Morgan fingerprint density at radius 2 is 1.52 bits per heavy atom. The maximum Gasteiger partial charge on any atom is 0.253 e. The third-order valence-corrected chi connectivity index (χ3v) is 6.36. The van der Waals surface area contributed by atoms with Gasteiger partial charge in [-0.2, -0.15) is 0 Å². The Bertz CT molecular complexity index is 1410. The molecule has 0 spiro atoms. The fourth-order valence-corrected chi connectivity index (χ4v) is 4.64. The first kappa shape index (κ1) is 19.5. The van der Waals surface area contributed by atoms with Crippen LogP contribution in [0.15, 0.2) is 85.2 Å². The molecule has 162 valence electrons. The second-order valence-electron chi connectivity index (χ2n) is 8.44. The van der Waals surface area contributed by atoms with E-state index in [1.807, 2.05) is 65.8 Å².